The van der Waals surface area contributed by atoms with Gasteiger partial charge in [-0.25, -0.2) is 0 Å². The molecule has 0 fully saturated rings. The van der Waals surface area contributed by atoms with Crippen molar-refractivity contribution < 1.29 is 18.6 Å². The van der Waals surface area contributed by atoms with Gasteiger partial charge in [-0.3, -0.25) is 0 Å². The number of hydrogen-bond acceptors (Lipinski definition) is 2. The fourth-order valence-electron chi connectivity index (χ4n) is 0.951. The predicted molar refractivity (Wildman–Crippen MR) is 43.7 cm³/mol. The molecule has 0 unspecified atom stereocenters. The largest absolute Gasteiger partial charge is 0.435 e. The minimum Gasteiger partial charge on any atom is -0.435 e. The van der Waals surface area contributed by atoms with Crippen molar-refractivity contribution in [3.8, 4) is 5.75 Å². The van der Waals surface area contributed by atoms with Gasteiger partial charge in [0, 0.05) is 0 Å². The Morgan fingerprint density at radius 3 is 2.62 bits per heavy atom. The smallest absolute Gasteiger partial charge is 0.387 e. The number of ether oxygens (including phenoxy) is 1. The Bertz CT molecular complexity index is 274. The van der Waals surface area contributed by atoms with E-state index in [4.69, 9.17) is 5.11 Å². The second kappa shape index (κ2) is 4.18. The summed E-state index contributed by atoms with van der Waals surface area (Å²) in [6.07, 6.45) is -0.679. The zero-order valence-electron chi connectivity index (χ0n) is 7.08. The fourth-order valence-corrected chi connectivity index (χ4v) is 0.951. The third kappa shape index (κ3) is 2.99. The van der Waals surface area contributed by atoms with Crippen LogP contribution in [0.5, 0.6) is 5.75 Å². The molecule has 0 aliphatic heterocycles. The maximum atomic E-state index is 11.8. The molecule has 1 rings (SSSR count). The number of alkyl halides is 2. The first-order valence-electron chi connectivity index (χ1n) is 3.82. The average molecular weight is 188 g/mol. The highest BCUT2D eigenvalue weighted by Gasteiger charge is 2.06. The van der Waals surface area contributed by atoms with E-state index in [0.29, 0.717) is 5.56 Å². The Hall–Kier alpha value is -1.16. The number of halogens is 2. The SMILES string of the molecule is C[C@H](O)c1cccc(OC(F)F)c1. The maximum absolute atomic E-state index is 11.8. The van der Waals surface area contributed by atoms with E-state index >= 15 is 0 Å². The molecule has 0 amide bonds. The van der Waals surface area contributed by atoms with Crippen molar-refractivity contribution in [3.63, 3.8) is 0 Å². The number of benzene rings is 1. The van der Waals surface area contributed by atoms with Gasteiger partial charge in [-0.05, 0) is 24.6 Å². The molecule has 72 valence electrons. The highest BCUT2D eigenvalue weighted by atomic mass is 19.3. The molecule has 0 aliphatic rings. The van der Waals surface area contributed by atoms with E-state index in [9.17, 15) is 8.78 Å². The molecular formula is C9H10F2O2. The van der Waals surface area contributed by atoms with Crippen molar-refractivity contribution in [3.05, 3.63) is 29.8 Å². The third-order valence-corrected chi connectivity index (χ3v) is 1.57. The van der Waals surface area contributed by atoms with Crippen LogP contribution in [0.1, 0.15) is 18.6 Å². The van der Waals surface area contributed by atoms with Crippen LogP contribution in [0.25, 0.3) is 0 Å². The summed E-state index contributed by atoms with van der Waals surface area (Å²) in [4.78, 5) is 0. The minimum absolute atomic E-state index is 0.0633. The molecule has 0 spiro atoms. The molecule has 0 aliphatic carbocycles. The summed E-state index contributed by atoms with van der Waals surface area (Å²) >= 11 is 0. The Morgan fingerprint density at radius 1 is 1.38 bits per heavy atom. The van der Waals surface area contributed by atoms with Gasteiger partial charge in [0.25, 0.3) is 0 Å². The van der Waals surface area contributed by atoms with E-state index in [1.807, 2.05) is 0 Å². The van der Waals surface area contributed by atoms with Crippen LogP contribution in [-0.4, -0.2) is 11.7 Å². The number of rotatable bonds is 3. The molecule has 0 aromatic heterocycles. The summed E-state index contributed by atoms with van der Waals surface area (Å²) < 4.78 is 27.7. The Kier molecular flexibility index (Phi) is 3.19. The van der Waals surface area contributed by atoms with Crippen molar-refractivity contribution in [2.75, 3.05) is 0 Å². The van der Waals surface area contributed by atoms with Crippen LogP contribution in [0.2, 0.25) is 0 Å². The van der Waals surface area contributed by atoms with Gasteiger partial charge in [-0.1, -0.05) is 12.1 Å². The van der Waals surface area contributed by atoms with Gasteiger partial charge in [0.2, 0.25) is 0 Å². The van der Waals surface area contributed by atoms with Gasteiger partial charge >= 0.3 is 6.61 Å². The topological polar surface area (TPSA) is 29.5 Å². The van der Waals surface area contributed by atoms with E-state index in [2.05, 4.69) is 4.74 Å². The molecule has 0 bridgehead atoms. The summed E-state index contributed by atoms with van der Waals surface area (Å²) in [5.41, 5.74) is 0.554. The third-order valence-electron chi connectivity index (χ3n) is 1.57. The molecule has 1 N–H and O–H groups in total. The van der Waals surface area contributed by atoms with Crippen LogP contribution in [-0.2, 0) is 0 Å². The zero-order valence-corrected chi connectivity index (χ0v) is 7.08. The molecule has 1 atom stereocenters. The monoisotopic (exact) mass is 188 g/mol. The van der Waals surface area contributed by atoms with Crippen molar-refractivity contribution in [2.45, 2.75) is 19.6 Å². The Balaban J connectivity index is 2.79. The van der Waals surface area contributed by atoms with Crippen LogP contribution in [0.4, 0.5) is 8.78 Å². The molecule has 0 saturated heterocycles. The summed E-state index contributed by atoms with van der Waals surface area (Å²) in [5.74, 6) is 0.0633. The first-order valence-corrected chi connectivity index (χ1v) is 3.82. The van der Waals surface area contributed by atoms with Crippen molar-refractivity contribution in [1.29, 1.82) is 0 Å². The van der Waals surface area contributed by atoms with E-state index in [1.54, 1.807) is 19.1 Å². The lowest BCUT2D eigenvalue weighted by Gasteiger charge is -2.08. The van der Waals surface area contributed by atoms with Gasteiger partial charge < -0.3 is 9.84 Å². The lowest BCUT2D eigenvalue weighted by atomic mass is 10.1. The van der Waals surface area contributed by atoms with Crippen LogP contribution in [0, 0.1) is 0 Å². The average Bonchev–Trinajstić information content (AvgIpc) is 2.03. The van der Waals surface area contributed by atoms with Gasteiger partial charge in [-0.2, -0.15) is 8.78 Å². The van der Waals surface area contributed by atoms with Gasteiger partial charge in [-0.15, -0.1) is 0 Å². The van der Waals surface area contributed by atoms with Gasteiger partial charge in [0.05, 0.1) is 6.10 Å². The second-order valence-electron chi connectivity index (χ2n) is 2.63. The fraction of sp³-hybridized carbons (Fsp3) is 0.333. The lowest BCUT2D eigenvalue weighted by Crippen LogP contribution is -2.02. The molecule has 1 aromatic carbocycles. The zero-order chi connectivity index (χ0) is 9.84. The van der Waals surface area contributed by atoms with E-state index in [-0.39, 0.29) is 5.75 Å². The van der Waals surface area contributed by atoms with Crippen molar-refractivity contribution in [1.82, 2.24) is 0 Å². The van der Waals surface area contributed by atoms with Crippen LogP contribution in [0.3, 0.4) is 0 Å². The first kappa shape index (κ1) is 9.92. The summed E-state index contributed by atoms with van der Waals surface area (Å²) in [7, 11) is 0. The van der Waals surface area contributed by atoms with Gasteiger partial charge in [0.15, 0.2) is 0 Å². The molecule has 0 saturated carbocycles. The number of aliphatic hydroxyl groups is 1. The molecule has 1 aromatic rings. The Labute approximate surface area is 74.8 Å². The van der Waals surface area contributed by atoms with Gasteiger partial charge in [0.1, 0.15) is 5.75 Å². The number of aliphatic hydroxyl groups excluding tert-OH is 1. The van der Waals surface area contributed by atoms with Crippen molar-refractivity contribution in [2.24, 2.45) is 0 Å². The molecular weight excluding hydrogens is 178 g/mol. The molecule has 2 nitrogen and oxygen atoms in total. The first-order chi connectivity index (χ1) is 6.09. The molecule has 13 heavy (non-hydrogen) atoms. The Morgan fingerprint density at radius 2 is 2.08 bits per heavy atom. The quantitative estimate of drug-likeness (QED) is 0.788. The molecule has 4 heteroatoms. The van der Waals surface area contributed by atoms with E-state index in [1.165, 1.54) is 12.1 Å². The maximum Gasteiger partial charge on any atom is 0.387 e. The standard InChI is InChI=1S/C9H10F2O2/c1-6(12)7-3-2-4-8(5-7)13-9(10)11/h2-6,9,12H,1H3/t6-/m0/s1. The predicted octanol–water partition coefficient (Wildman–Crippen LogP) is 2.34. The molecule has 0 heterocycles. The van der Waals surface area contributed by atoms with Crippen LogP contribution in [0.15, 0.2) is 24.3 Å². The second-order valence-corrected chi connectivity index (χ2v) is 2.63. The molecule has 0 radical (unpaired) electrons. The van der Waals surface area contributed by atoms with Crippen LogP contribution < -0.4 is 4.74 Å². The number of hydrogen-bond donors (Lipinski definition) is 1. The normalized spacial score (nSPS) is 13.0. The van der Waals surface area contributed by atoms with E-state index in [0.717, 1.165) is 0 Å². The summed E-state index contributed by atoms with van der Waals surface area (Å²) in [5, 5.41) is 9.14. The minimum atomic E-state index is -2.83. The lowest BCUT2D eigenvalue weighted by molar-refractivity contribution is -0.0499. The van der Waals surface area contributed by atoms with Crippen LogP contribution >= 0.6 is 0 Å². The van der Waals surface area contributed by atoms with E-state index < -0.39 is 12.7 Å². The van der Waals surface area contributed by atoms with Crippen molar-refractivity contribution >= 4 is 0 Å². The highest BCUT2D eigenvalue weighted by Crippen LogP contribution is 2.20. The summed E-state index contributed by atoms with van der Waals surface area (Å²) in [6, 6.07) is 6.00. The highest BCUT2D eigenvalue weighted by molar-refractivity contribution is 5.29. The summed E-state index contributed by atoms with van der Waals surface area (Å²) in [6.45, 7) is -1.27.